The van der Waals surface area contributed by atoms with Crippen molar-refractivity contribution >= 4 is 29.0 Å². The molecule has 0 bridgehead atoms. The Morgan fingerprint density at radius 3 is 2.83 bits per heavy atom. The van der Waals surface area contributed by atoms with Gasteiger partial charge in [0.15, 0.2) is 10.8 Å². The summed E-state index contributed by atoms with van der Waals surface area (Å²) in [4.78, 5) is 4.36. The molecule has 0 N–H and O–H groups in total. The molecule has 1 aromatic carbocycles. The highest BCUT2D eigenvalue weighted by Crippen LogP contribution is 2.38. The van der Waals surface area contributed by atoms with Gasteiger partial charge < -0.3 is 0 Å². The molecular formula is C15H11ClFN5S. The van der Waals surface area contributed by atoms with Crippen molar-refractivity contribution in [3.8, 4) is 6.07 Å². The van der Waals surface area contributed by atoms with Crippen LogP contribution in [-0.4, -0.2) is 19.6 Å². The third-order valence-electron chi connectivity index (χ3n) is 3.26. The summed E-state index contributed by atoms with van der Waals surface area (Å²) < 4.78 is 15.8. The summed E-state index contributed by atoms with van der Waals surface area (Å²) in [6.07, 6.45) is 0. The van der Waals surface area contributed by atoms with Crippen molar-refractivity contribution in [2.24, 2.45) is 0 Å². The van der Waals surface area contributed by atoms with Crippen LogP contribution in [0, 0.1) is 31.0 Å². The number of benzene rings is 1. The quantitative estimate of drug-likeness (QED) is 0.672. The molecule has 0 fully saturated rings. The van der Waals surface area contributed by atoms with Crippen LogP contribution in [0.5, 0.6) is 0 Å². The summed E-state index contributed by atoms with van der Waals surface area (Å²) in [5, 5.41) is 17.5. The van der Waals surface area contributed by atoms with Crippen molar-refractivity contribution in [2.75, 3.05) is 0 Å². The Hall–Kier alpha value is -2.17. The van der Waals surface area contributed by atoms with Gasteiger partial charge in [-0.2, -0.15) is 5.26 Å². The van der Waals surface area contributed by atoms with Gasteiger partial charge in [0.05, 0.1) is 6.07 Å². The lowest BCUT2D eigenvalue weighted by Gasteiger charge is -2.11. The predicted octanol–water partition coefficient (Wildman–Crippen LogP) is 3.89. The Morgan fingerprint density at radius 1 is 1.35 bits per heavy atom. The van der Waals surface area contributed by atoms with Crippen molar-refractivity contribution in [3.05, 3.63) is 52.2 Å². The Bertz CT molecular complexity index is 913. The Balaban J connectivity index is 2.06. The van der Waals surface area contributed by atoms with Crippen molar-refractivity contribution in [3.63, 3.8) is 0 Å². The lowest BCUT2D eigenvalue weighted by molar-refractivity contribution is 0.614. The SMILES string of the molecule is Cc1cc2nnc(SC(C#N)c3c(F)cccc3Cl)n2c(C)n1. The topological polar surface area (TPSA) is 66.9 Å². The summed E-state index contributed by atoms with van der Waals surface area (Å²) in [7, 11) is 0. The predicted molar refractivity (Wildman–Crippen MR) is 85.9 cm³/mol. The van der Waals surface area contributed by atoms with Gasteiger partial charge in [-0.15, -0.1) is 10.2 Å². The highest BCUT2D eigenvalue weighted by Gasteiger charge is 2.23. The van der Waals surface area contributed by atoms with Gasteiger partial charge >= 0.3 is 0 Å². The Kier molecular flexibility index (Phi) is 4.20. The van der Waals surface area contributed by atoms with Gasteiger partial charge in [0.1, 0.15) is 16.9 Å². The first-order valence-electron chi connectivity index (χ1n) is 6.71. The van der Waals surface area contributed by atoms with Crippen molar-refractivity contribution in [1.29, 1.82) is 5.26 Å². The van der Waals surface area contributed by atoms with Crippen LogP contribution in [0.3, 0.4) is 0 Å². The number of nitriles is 1. The number of fused-ring (bicyclic) bond motifs is 1. The third kappa shape index (κ3) is 2.87. The summed E-state index contributed by atoms with van der Waals surface area (Å²) in [5.41, 5.74) is 1.61. The van der Waals surface area contributed by atoms with Gasteiger partial charge in [-0.3, -0.25) is 4.40 Å². The maximum Gasteiger partial charge on any atom is 0.198 e. The molecule has 0 saturated carbocycles. The monoisotopic (exact) mass is 347 g/mol. The molecule has 3 aromatic rings. The number of aromatic nitrogens is 4. The number of rotatable bonds is 3. The summed E-state index contributed by atoms with van der Waals surface area (Å²) in [6, 6.07) is 8.21. The molecule has 1 unspecified atom stereocenters. The first-order valence-corrected chi connectivity index (χ1v) is 7.96. The molecule has 0 aliphatic carbocycles. The molecule has 0 aliphatic rings. The Labute approximate surface area is 141 Å². The van der Waals surface area contributed by atoms with E-state index in [0.29, 0.717) is 16.6 Å². The fourth-order valence-corrected chi connectivity index (χ4v) is 3.67. The lowest BCUT2D eigenvalue weighted by Crippen LogP contribution is -2.01. The zero-order valence-electron chi connectivity index (χ0n) is 12.3. The minimum atomic E-state index is -0.836. The zero-order valence-corrected chi connectivity index (χ0v) is 13.9. The average Bonchev–Trinajstić information content (AvgIpc) is 2.88. The van der Waals surface area contributed by atoms with E-state index in [1.807, 2.05) is 13.8 Å². The molecule has 0 spiro atoms. The van der Waals surface area contributed by atoms with Crippen LogP contribution >= 0.6 is 23.4 Å². The zero-order chi connectivity index (χ0) is 16.6. The summed E-state index contributed by atoms with van der Waals surface area (Å²) in [5.74, 6) is 0.180. The van der Waals surface area contributed by atoms with E-state index in [1.54, 1.807) is 16.5 Å². The number of thioether (sulfide) groups is 1. The Morgan fingerprint density at radius 2 is 2.13 bits per heavy atom. The second kappa shape index (κ2) is 6.14. The molecule has 5 nitrogen and oxygen atoms in total. The van der Waals surface area contributed by atoms with E-state index in [9.17, 15) is 9.65 Å². The van der Waals surface area contributed by atoms with Gasteiger partial charge in [0.2, 0.25) is 0 Å². The number of halogens is 2. The number of nitrogens with zero attached hydrogens (tertiary/aromatic N) is 5. The van der Waals surface area contributed by atoms with Gasteiger partial charge in [-0.25, -0.2) is 9.37 Å². The molecule has 2 aromatic heterocycles. The van der Waals surface area contributed by atoms with Crippen LogP contribution in [-0.2, 0) is 0 Å². The molecule has 3 rings (SSSR count). The number of hydrogen-bond acceptors (Lipinski definition) is 5. The second-order valence-electron chi connectivity index (χ2n) is 4.88. The van der Waals surface area contributed by atoms with Gasteiger partial charge in [0.25, 0.3) is 0 Å². The third-order valence-corrected chi connectivity index (χ3v) is 4.64. The highest BCUT2D eigenvalue weighted by molar-refractivity contribution is 7.99. The first kappa shape index (κ1) is 15.7. The maximum atomic E-state index is 14.1. The minimum absolute atomic E-state index is 0.149. The van der Waals surface area contributed by atoms with Crippen molar-refractivity contribution < 1.29 is 4.39 Å². The standard InChI is InChI=1S/C15H11ClFN5S/c1-8-6-13-20-21-15(22(13)9(2)19-8)23-12(7-18)14-10(16)4-3-5-11(14)17/h3-6,12H,1-2H3. The van der Waals surface area contributed by atoms with E-state index in [1.165, 1.54) is 12.1 Å². The molecule has 0 saturated heterocycles. The van der Waals surface area contributed by atoms with Gasteiger partial charge in [0, 0.05) is 22.3 Å². The first-order chi connectivity index (χ1) is 11.0. The van der Waals surface area contributed by atoms with Crippen LogP contribution in [0.25, 0.3) is 5.65 Å². The largest absolute Gasteiger partial charge is 0.258 e. The number of hydrogen-bond donors (Lipinski definition) is 0. The molecule has 0 amide bonds. The fraction of sp³-hybridized carbons (Fsp3) is 0.200. The maximum absolute atomic E-state index is 14.1. The van der Waals surface area contributed by atoms with Crippen LogP contribution in [0.4, 0.5) is 4.39 Å². The normalized spacial score (nSPS) is 12.3. The molecule has 23 heavy (non-hydrogen) atoms. The van der Waals surface area contributed by atoms with E-state index in [-0.39, 0.29) is 10.6 Å². The number of aryl methyl sites for hydroxylation is 2. The minimum Gasteiger partial charge on any atom is -0.258 e. The molecule has 1 atom stereocenters. The average molecular weight is 348 g/mol. The lowest BCUT2D eigenvalue weighted by atomic mass is 10.1. The summed E-state index contributed by atoms with van der Waals surface area (Å²) in [6.45, 7) is 3.69. The van der Waals surface area contributed by atoms with E-state index in [4.69, 9.17) is 11.6 Å². The molecule has 0 radical (unpaired) electrons. The van der Waals surface area contributed by atoms with E-state index in [0.717, 1.165) is 17.5 Å². The molecule has 8 heteroatoms. The summed E-state index contributed by atoms with van der Waals surface area (Å²) >= 11 is 7.14. The van der Waals surface area contributed by atoms with E-state index in [2.05, 4.69) is 21.3 Å². The van der Waals surface area contributed by atoms with Crippen LogP contribution < -0.4 is 0 Å². The molecular weight excluding hydrogens is 337 g/mol. The fourth-order valence-electron chi connectivity index (χ4n) is 2.30. The molecule has 116 valence electrons. The highest BCUT2D eigenvalue weighted by atomic mass is 35.5. The van der Waals surface area contributed by atoms with Crippen molar-refractivity contribution in [2.45, 2.75) is 24.3 Å². The van der Waals surface area contributed by atoms with E-state index < -0.39 is 11.1 Å². The molecule has 2 heterocycles. The molecule has 0 aliphatic heterocycles. The van der Waals surface area contributed by atoms with Gasteiger partial charge in [-0.05, 0) is 26.0 Å². The van der Waals surface area contributed by atoms with Crippen molar-refractivity contribution in [1.82, 2.24) is 19.6 Å². The van der Waals surface area contributed by atoms with Crippen LogP contribution in [0.15, 0.2) is 29.4 Å². The smallest absolute Gasteiger partial charge is 0.198 e. The van der Waals surface area contributed by atoms with E-state index >= 15 is 0 Å². The van der Waals surface area contributed by atoms with Crippen LogP contribution in [0.1, 0.15) is 22.3 Å². The van der Waals surface area contributed by atoms with Crippen LogP contribution in [0.2, 0.25) is 5.02 Å². The second-order valence-corrected chi connectivity index (χ2v) is 6.36. The van der Waals surface area contributed by atoms with Gasteiger partial charge in [-0.1, -0.05) is 29.4 Å².